The summed E-state index contributed by atoms with van der Waals surface area (Å²) in [5.74, 6) is -0.250. The van der Waals surface area contributed by atoms with Gasteiger partial charge >= 0.3 is 29.6 Å². The fraction of sp³-hybridized carbons (Fsp3) is 1.00. The van der Waals surface area contributed by atoms with Gasteiger partial charge in [0.1, 0.15) is 0 Å². The van der Waals surface area contributed by atoms with Crippen LogP contribution in [0.1, 0.15) is 27.1 Å². The molecule has 2 atom stereocenters. The standard InChI is InChI=1S/C10H22O8S6.Na.H/c11-21(12)7-3-1-5-19-23(15,16)9-10-24(17,18)20-6-2-4-8-22(13)14;;/h1-10H2,(H,11,12)(H,13,14);;/q;+1;-1. The maximum Gasteiger partial charge on any atom is 1.00 e. The summed E-state index contributed by atoms with van der Waals surface area (Å²) in [6.07, 6.45) is 1.78. The van der Waals surface area contributed by atoms with Gasteiger partial charge in [0.05, 0.1) is 11.5 Å². The summed E-state index contributed by atoms with van der Waals surface area (Å²) in [6.45, 7) is 0. The zero-order valence-electron chi connectivity index (χ0n) is 14.9. The average molecular weight is 487 g/mol. The second-order valence-corrected chi connectivity index (χ2v) is 15.5. The van der Waals surface area contributed by atoms with E-state index in [2.05, 4.69) is 0 Å². The Labute approximate surface area is 185 Å². The molecule has 0 heterocycles. The van der Waals surface area contributed by atoms with Crippen molar-refractivity contribution >= 4 is 61.5 Å². The molecule has 0 aliphatic heterocycles. The molecule has 0 fully saturated rings. The predicted molar refractivity (Wildman–Crippen MR) is 103 cm³/mol. The molecule has 2 unspecified atom stereocenters. The summed E-state index contributed by atoms with van der Waals surface area (Å²) in [5.41, 5.74) is 0. The zero-order chi connectivity index (χ0) is 18.6. The molecule has 2 N–H and O–H groups in total. The van der Waals surface area contributed by atoms with E-state index >= 15 is 0 Å². The van der Waals surface area contributed by atoms with Gasteiger partial charge in [-0.1, -0.05) is 0 Å². The fourth-order valence-corrected chi connectivity index (χ4v) is 9.43. The van der Waals surface area contributed by atoms with Crippen molar-refractivity contribution in [2.75, 3.05) is 34.5 Å². The van der Waals surface area contributed by atoms with Gasteiger partial charge in [-0.25, -0.2) is 25.3 Å². The minimum absolute atomic E-state index is 0. The first kappa shape index (κ1) is 29.0. The van der Waals surface area contributed by atoms with Crippen molar-refractivity contribution < 1.29 is 65.3 Å². The molecule has 0 rings (SSSR count). The van der Waals surface area contributed by atoms with Crippen LogP contribution >= 0.6 is 21.6 Å². The molecule has 148 valence electrons. The van der Waals surface area contributed by atoms with Crippen LogP contribution in [0.15, 0.2) is 0 Å². The van der Waals surface area contributed by atoms with Gasteiger partial charge in [0.25, 0.3) is 0 Å². The largest absolute Gasteiger partial charge is 1.00 e. The van der Waals surface area contributed by atoms with Crippen molar-refractivity contribution in [2.24, 2.45) is 0 Å². The van der Waals surface area contributed by atoms with Gasteiger partial charge < -0.3 is 10.5 Å². The Hall–Kier alpha value is 1.82. The first-order valence-corrected chi connectivity index (χ1v) is 15.8. The summed E-state index contributed by atoms with van der Waals surface area (Å²) in [5, 5.41) is 0. The van der Waals surface area contributed by atoms with Crippen LogP contribution in [0.2, 0.25) is 0 Å². The molecule has 0 saturated heterocycles. The number of rotatable bonds is 15. The summed E-state index contributed by atoms with van der Waals surface area (Å²) in [6, 6.07) is 0. The Balaban J connectivity index is -0.00000264. The van der Waals surface area contributed by atoms with Gasteiger partial charge in [-0.2, -0.15) is 0 Å². The molecule has 0 aromatic carbocycles. The van der Waals surface area contributed by atoms with Gasteiger partial charge in [0.2, 0.25) is 17.7 Å². The van der Waals surface area contributed by atoms with Crippen molar-refractivity contribution in [3.05, 3.63) is 0 Å². The van der Waals surface area contributed by atoms with Crippen LogP contribution in [0.5, 0.6) is 0 Å². The molecule has 0 aromatic rings. The van der Waals surface area contributed by atoms with Crippen molar-refractivity contribution in [1.29, 1.82) is 0 Å². The maximum absolute atomic E-state index is 11.7. The predicted octanol–water partition coefficient (Wildman–Crippen LogP) is -1.77. The molecule has 15 heteroatoms. The van der Waals surface area contributed by atoms with Crippen LogP contribution in [-0.4, -0.2) is 68.9 Å². The van der Waals surface area contributed by atoms with Gasteiger partial charge in [-0.15, -0.1) is 0 Å². The van der Waals surface area contributed by atoms with Crippen LogP contribution in [0.25, 0.3) is 0 Å². The molecule has 0 saturated carbocycles. The van der Waals surface area contributed by atoms with Crippen LogP contribution < -0.4 is 29.6 Å². The monoisotopic (exact) mass is 486 g/mol. The van der Waals surface area contributed by atoms with Crippen LogP contribution in [0.3, 0.4) is 0 Å². The van der Waals surface area contributed by atoms with Gasteiger partial charge in [-0.3, -0.25) is 0 Å². The summed E-state index contributed by atoms with van der Waals surface area (Å²) in [4.78, 5) is 0. The molecular weight excluding hydrogens is 463 g/mol. The number of hydrogen-bond donors (Lipinski definition) is 2. The molecule has 8 nitrogen and oxygen atoms in total. The Morgan fingerprint density at radius 2 is 1.04 bits per heavy atom. The molecule has 0 aliphatic rings. The molecule has 0 aromatic heterocycles. The second-order valence-electron chi connectivity index (χ2n) is 4.63. The quantitative estimate of drug-likeness (QED) is 0.118. The molecule has 0 bridgehead atoms. The SMILES string of the molecule is O=S(O)CCCCSS(=O)(=O)CCS(=O)(=O)SCCCCS(=O)O.[H-].[Na+]. The Morgan fingerprint density at radius 3 is 1.32 bits per heavy atom. The molecule has 0 radical (unpaired) electrons. The fourth-order valence-electron chi connectivity index (χ4n) is 1.35. The summed E-state index contributed by atoms with van der Waals surface area (Å²) < 4.78 is 85.0. The number of unbranched alkanes of at least 4 members (excludes halogenated alkanes) is 2. The molecule has 0 spiro atoms. The molecule has 25 heavy (non-hydrogen) atoms. The first-order chi connectivity index (χ1) is 11.0. The smallest absolute Gasteiger partial charge is 1.00 e. The maximum atomic E-state index is 11.7. The van der Waals surface area contributed by atoms with E-state index in [1.165, 1.54) is 0 Å². The minimum atomic E-state index is -3.55. The Kier molecular flexibility index (Phi) is 18.2. The molecular formula is C10H23NaO8S6. The van der Waals surface area contributed by atoms with E-state index < -0.39 is 51.4 Å². The van der Waals surface area contributed by atoms with E-state index in [0.717, 1.165) is 0 Å². The van der Waals surface area contributed by atoms with E-state index in [4.69, 9.17) is 9.11 Å². The van der Waals surface area contributed by atoms with E-state index in [1.54, 1.807) is 0 Å². The first-order valence-electron chi connectivity index (χ1n) is 6.93. The van der Waals surface area contributed by atoms with E-state index in [9.17, 15) is 25.3 Å². The third-order valence-corrected chi connectivity index (χ3v) is 11.3. The van der Waals surface area contributed by atoms with E-state index in [1.807, 2.05) is 0 Å². The van der Waals surface area contributed by atoms with Crippen LogP contribution in [-0.2, 0) is 39.9 Å². The third kappa shape index (κ3) is 20.4. The van der Waals surface area contributed by atoms with Gasteiger partial charge in [0, 0.05) is 23.0 Å². The minimum Gasteiger partial charge on any atom is -1.00 e. The Bertz CT molecular complexity index is 557. The van der Waals surface area contributed by atoms with Crippen LogP contribution in [0, 0.1) is 0 Å². The normalized spacial score (nSPS) is 14.6. The van der Waals surface area contributed by atoms with Crippen molar-refractivity contribution in [2.45, 2.75) is 25.7 Å². The van der Waals surface area contributed by atoms with Crippen LogP contribution in [0.4, 0.5) is 0 Å². The second kappa shape index (κ2) is 15.7. The molecule has 0 aliphatic carbocycles. The van der Waals surface area contributed by atoms with E-state index in [-0.39, 0.29) is 54.0 Å². The van der Waals surface area contributed by atoms with Crippen molar-refractivity contribution in [3.63, 3.8) is 0 Å². The van der Waals surface area contributed by atoms with E-state index in [0.29, 0.717) is 47.3 Å². The topological polar surface area (TPSA) is 143 Å². The van der Waals surface area contributed by atoms with Crippen molar-refractivity contribution in [1.82, 2.24) is 0 Å². The Morgan fingerprint density at radius 1 is 0.720 bits per heavy atom. The van der Waals surface area contributed by atoms with Gasteiger partial charge in [0.15, 0.2) is 22.2 Å². The third-order valence-electron chi connectivity index (χ3n) is 2.54. The average Bonchev–Trinajstić information content (AvgIpc) is 2.44. The van der Waals surface area contributed by atoms with Gasteiger partial charge in [-0.05, 0) is 47.3 Å². The molecule has 0 amide bonds. The van der Waals surface area contributed by atoms with Crippen molar-refractivity contribution in [3.8, 4) is 0 Å². The summed E-state index contributed by atoms with van der Waals surface area (Å²) in [7, 11) is -5.77. The summed E-state index contributed by atoms with van der Waals surface area (Å²) >= 11 is -3.77. The zero-order valence-corrected chi connectivity index (χ0v) is 20.8. The number of hydrogen-bond acceptors (Lipinski definition) is 8.